The van der Waals surface area contributed by atoms with E-state index in [1.54, 1.807) is 24.4 Å². The first-order chi connectivity index (χ1) is 15.3. The molecule has 1 amide bonds. The highest BCUT2D eigenvalue weighted by atomic mass is 19.4. The highest BCUT2D eigenvalue weighted by molar-refractivity contribution is 5.99. The van der Waals surface area contributed by atoms with Gasteiger partial charge in [0.05, 0.1) is 11.8 Å². The lowest BCUT2D eigenvalue weighted by Gasteiger charge is -2.19. The summed E-state index contributed by atoms with van der Waals surface area (Å²) in [6.45, 7) is 4.52. The molecule has 0 bridgehead atoms. The summed E-state index contributed by atoms with van der Waals surface area (Å²) >= 11 is 0. The lowest BCUT2D eigenvalue weighted by molar-refractivity contribution is -0.137. The van der Waals surface area contributed by atoms with Crippen LogP contribution in [0, 0.1) is 0 Å². The molecule has 0 saturated heterocycles. The number of ether oxygens (including phenoxy) is 1. The van der Waals surface area contributed by atoms with Gasteiger partial charge in [-0.2, -0.15) is 18.2 Å². The second-order valence-electron chi connectivity index (χ2n) is 6.84. The summed E-state index contributed by atoms with van der Waals surface area (Å²) in [4.78, 5) is 20.5. The van der Waals surface area contributed by atoms with Crippen molar-refractivity contribution >= 4 is 28.7 Å². The van der Waals surface area contributed by atoms with Gasteiger partial charge in [-0.05, 0) is 48.5 Å². The molecule has 3 aromatic rings. The van der Waals surface area contributed by atoms with Crippen LogP contribution < -0.4 is 20.7 Å². The zero-order valence-electron chi connectivity index (χ0n) is 16.7. The van der Waals surface area contributed by atoms with E-state index in [1.165, 1.54) is 12.1 Å². The molecule has 0 aliphatic carbocycles. The molecule has 164 valence electrons. The summed E-state index contributed by atoms with van der Waals surface area (Å²) in [5.74, 6) is 0.317. The SMILES string of the molecule is C=CC(=O)Nc1ccc(Nc2ccc(C(F)(F)F)cc2)c(-c2ncc3c(n2)OCCN3)c1. The van der Waals surface area contributed by atoms with Crippen LogP contribution in [0.3, 0.4) is 0 Å². The van der Waals surface area contributed by atoms with Crippen LogP contribution in [0.1, 0.15) is 5.56 Å². The average molecular weight is 441 g/mol. The molecule has 0 unspecified atom stereocenters. The van der Waals surface area contributed by atoms with Crippen LogP contribution in [0.2, 0.25) is 0 Å². The maximum atomic E-state index is 12.9. The standard InChI is InChI=1S/C22H18F3N5O2/c1-2-19(31)29-15-7-8-17(28-14-5-3-13(4-6-14)22(23,24)25)16(11-15)20-27-12-18-21(30-20)32-10-9-26-18/h2-8,11-12,26,28H,1,9-10H2,(H,29,31). The molecular weight excluding hydrogens is 423 g/mol. The van der Waals surface area contributed by atoms with Gasteiger partial charge in [0, 0.05) is 29.2 Å². The van der Waals surface area contributed by atoms with Crippen molar-refractivity contribution in [3.63, 3.8) is 0 Å². The van der Waals surface area contributed by atoms with E-state index in [-0.39, 0.29) is 0 Å². The first kappa shape index (κ1) is 21.2. The minimum absolute atomic E-state index is 0.316. The minimum atomic E-state index is -4.42. The van der Waals surface area contributed by atoms with Gasteiger partial charge in [-0.3, -0.25) is 4.79 Å². The maximum absolute atomic E-state index is 12.9. The minimum Gasteiger partial charge on any atom is -0.474 e. The molecule has 1 aliphatic heterocycles. The van der Waals surface area contributed by atoms with Crippen LogP contribution in [0.4, 0.5) is 35.9 Å². The molecule has 0 saturated carbocycles. The second-order valence-corrected chi connectivity index (χ2v) is 6.84. The first-order valence-electron chi connectivity index (χ1n) is 9.59. The molecule has 10 heteroatoms. The van der Waals surface area contributed by atoms with Crippen molar-refractivity contribution in [2.75, 3.05) is 29.1 Å². The highest BCUT2D eigenvalue weighted by Crippen LogP contribution is 2.35. The number of benzene rings is 2. The lowest BCUT2D eigenvalue weighted by atomic mass is 10.1. The molecule has 2 aromatic carbocycles. The topological polar surface area (TPSA) is 88.2 Å². The zero-order valence-corrected chi connectivity index (χ0v) is 16.7. The molecule has 0 spiro atoms. The highest BCUT2D eigenvalue weighted by Gasteiger charge is 2.30. The molecule has 1 aliphatic rings. The number of rotatable bonds is 5. The van der Waals surface area contributed by atoms with E-state index in [1.807, 2.05) is 0 Å². The van der Waals surface area contributed by atoms with Crippen LogP contribution in [0.15, 0.2) is 61.3 Å². The first-order valence-corrected chi connectivity index (χ1v) is 9.59. The average Bonchev–Trinajstić information content (AvgIpc) is 2.79. The Hall–Kier alpha value is -4.08. The normalized spacial score (nSPS) is 12.7. The number of alkyl halides is 3. The summed E-state index contributed by atoms with van der Waals surface area (Å²) in [5.41, 5.74) is 1.89. The number of anilines is 4. The fourth-order valence-electron chi connectivity index (χ4n) is 3.07. The summed E-state index contributed by atoms with van der Waals surface area (Å²) < 4.78 is 44.1. The van der Waals surface area contributed by atoms with Crippen LogP contribution in [-0.4, -0.2) is 29.0 Å². The largest absolute Gasteiger partial charge is 0.474 e. The van der Waals surface area contributed by atoms with Crippen LogP contribution in [-0.2, 0) is 11.0 Å². The molecule has 2 heterocycles. The Morgan fingerprint density at radius 2 is 1.91 bits per heavy atom. The van der Waals surface area contributed by atoms with E-state index in [9.17, 15) is 18.0 Å². The smallest absolute Gasteiger partial charge is 0.416 e. The van der Waals surface area contributed by atoms with Crippen molar-refractivity contribution in [3.8, 4) is 17.3 Å². The summed E-state index contributed by atoms with van der Waals surface area (Å²) in [5, 5.41) is 8.89. The number of hydrogen-bond acceptors (Lipinski definition) is 6. The van der Waals surface area contributed by atoms with Gasteiger partial charge in [0.25, 0.3) is 0 Å². The molecule has 0 radical (unpaired) electrons. The number of nitrogens with zero attached hydrogens (tertiary/aromatic N) is 2. The summed E-state index contributed by atoms with van der Waals surface area (Å²) in [6, 6.07) is 9.64. The molecule has 7 nitrogen and oxygen atoms in total. The van der Waals surface area contributed by atoms with E-state index in [0.717, 1.165) is 18.2 Å². The number of nitrogens with one attached hydrogen (secondary N) is 3. The molecule has 3 N–H and O–H groups in total. The van der Waals surface area contributed by atoms with E-state index < -0.39 is 17.6 Å². The Balaban J connectivity index is 1.71. The monoisotopic (exact) mass is 441 g/mol. The quantitative estimate of drug-likeness (QED) is 0.492. The van der Waals surface area contributed by atoms with Gasteiger partial charge in [-0.1, -0.05) is 6.58 Å². The van der Waals surface area contributed by atoms with E-state index in [4.69, 9.17) is 4.74 Å². The van der Waals surface area contributed by atoms with Gasteiger partial charge in [-0.25, -0.2) is 4.98 Å². The fourth-order valence-corrected chi connectivity index (χ4v) is 3.07. The Labute approximate surface area is 181 Å². The van der Waals surface area contributed by atoms with Gasteiger partial charge in [0.15, 0.2) is 5.82 Å². The number of amides is 1. The van der Waals surface area contributed by atoms with Gasteiger partial charge in [0.2, 0.25) is 11.8 Å². The summed E-state index contributed by atoms with van der Waals surface area (Å²) in [7, 11) is 0. The molecule has 0 atom stereocenters. The van der Waals surface area contributed by atoms with Crippen molar-refractivity contribution in [1.29, 1.82) is 0 Å². The van der Waals surface area contributed by atoms with Gasteiger partial charge in [0.1, 0.15) is 12.3 Å². The van der Waals surface area contributed by atoms with Crippen LogP contribution in [0.5, 0.6) is 5.88 Å². The molecule has 32 heavy (non-hydrogen) atoms. The number of halogens is 3. The van der Waals surface area contributed by atoms with Crippen molar-refractivity contribution in [2.45, 2.75) is 6.18 Å². The Kier molecular flexibility index (Phi) is 5.67. The third kappa shape index (κ3) is 4.64. The van der Waals surface area contributed by atoms with E-state index >= 15 is 0 Å². The number of carbonyl (C=O) groups is 1. The van der Waals surface area contributed by atoms with Crippen molar-refractivity contribution in [1.82, 2.24) is 9.97 Å². The Morgan fingerprint density at radius 1 is 1.16 bits per heavy atom. The Bertz CT molecular complexity index is 1160. The predicted octanol–water partition coefficient (Wildman–Crippen LogP) is 4.83. The molecule has 4 rings (SSSR count). The number of aromatic nitrogens is 2. The number of fused-ring (bicyclic) bond motifs is 1. The fraction of sp³-hybridized carbons (Fsp3) is 0.136. The third-order valence-electron chi connectivity index (χ3n) is 4.61. The maximum Gasteiger partial charge on any atom is 0.416 e. The van der Waals surface area contributed by atoms with Gasteiger partial charge in [-0.15, -0.1) is 0 Å². The van der Waals surface area contributed by atoms with Gasteiger partial charge < -0.3 is 20.7 Å². The van der Waals surface area contributed by atoms with E-state index in [2.05, 4.69) is 32.5 Å². The Morgan fingerprint density at radius 3 is 2.62 bits per heavy atom. The number of carbonyl (C=O) groups excluding carboxylic acids is 1. The van der Waals surface area contributed by atoms with Crippen molar-refractivity contribution < 1.29 is 22.7 Å². The molecule has 0 fully saturated rings. The molecular formula is C22H18F3N5O2. The lowest BCUT2D eigenvalue weighted by Crippen LogP contribution is -2.19. The van der Waals surface area contributed by atoms with Crippen LogP contribution in [0.25, 0.3) is 11.4 Å². The summed E-state index contributed by atoms with van der Waals surface area (Å²) in [6.07, 6.45) is -1.68. The molecule has 1 aromatic heterocycles. The van der Waals surface area contributed by atoms with Crippen LogP contribution >= 0.6 is 0 Å². The van der Waals surface area contributed by atoms with E-state index in [0.29, 0.717) is 53.2 Å². The zero-order chi connectivity index (χ0) is 22.7. The van der Waals surface area contributed by atoms with Crippen molar-refractivity contribution in [3.05, 3.63) is 66.9 Å². The van der Waals surface area contributed by atoms with Crippen molar-refractivity contribution in [2.24, 2.45) is 0 Å². The third-order valence-corrected chi connectivity index (χ3v) is 4.61. The second kappa shape index (κ2) is 8.58. The number of hydrogen-bond donors (Lipinski definition) is 3. The van der Waals surface area contributed by atoms with Gasteiger partial charge >= 0.3 is 6.18 Å². The predicted molar refractivity (Wildman–Crippen MR) is 115 cm³/mol.